The highest BCUT2D eigenvalue weighted by molar-refractivity contribution is 5.63. The van der Waals surface area contributed by atoms with E-state index in [0.29, 0.717) is 0 Å². The topological polar surface area (TPSA) is 17.8 Å². The number of alkyl halides is 3. The lowest BCUT2D eigenvalue weighted by molar-refractivity contribution is -0.137. The summed E-state index contributed by atoms with van der Waals surface area (Å²) < 4.78 is 38.9. The molecule has 5 heteroatoms. The third-order valence-electron chi connectivity index (χ3n) is 2.61. The fourth-order valence-electron chi connectivity index (χ4n) is 1.78. The van der Waals surface area contributed by atoms with Gasteiger partial charge in [0.2, 0.25) is 0 Å². The molecule has 0 aliphatic carbocycles. The zero-order valence-electron chi connectivity index (χ0n) is 9.42. The molecular formula is C12H11F3N2. The Morgan fingerprint density at radius 3 is 2.12 bits per heavy atom. The Morgan fingerprint density at radius 1 is 1.12 bits per heavy atom. The molecule has 0 radical (unpaired) electrons. The van der Waals surface area contributed by atoms with Crippen molar-refractivity contribution in [1.29, 1.82) is 0 Å². The first-order valence-corrected chi connectivity index (χ1v) is 5.06. The minimum Gasteiger partial charge on any atom is -0.268 e. The van der Waals surface area contributed by atoms with Gasteiger partial charge in [-0.25, -0.2) is 0 Å². The Bertz CT molecular complexity index is 504. The summed E-state index contributed by atoms with van der Waals surface area (Å²) >= 11 is 0. The van der Waals surface area contributed by atoms with Crippen molar-refractivity contribution in [3.8, 4) is 11.3 Å². The van der Waals surface area contributed by atoms with Gasteiger partial charge in [-0.3, -0.25) is 4.68 Å². The molecule has 0 aliphatic heterocycles. The molecule has 0 spiro atoms. The number of halogens is 3. The van der Waals surface area contributed by atoms with Crippen LogP contribution in [0.25, 0.3) is 11.3 Å². The average Bonchev–Trinajstić information content (AvgIpc) is 2.58. The second kappa shape index (κ2) is 3.91. The summed E-state index contributed by atoms with van der Waals surface area (Å²) in [5.41, 5.74) is 1.86. The van der Waals surface area contributed by atoms with Crippen LogP contribution < -0.4 is 0 Å². The Balaban J connectivity index is 2.43. The number of rotatable bonds is 1. The van der Waals surface area contributed by atoms with Crippen LogP contribution in [0.4, 0.5) is 13.2 Å². The van der Waals surface area contributed by atoms with E-state index in [9.17, 15) is 13.2 Å². The molecule has 0 N–H and O–H groups in total. The normalized spacial score (nSPS) is 11.8. The Hall–Kier alpha value is -1.78. The molecule has 1 heterocycles. The molecule has 1 aromatic heterocycles. The van der Waals surface area contributed by atoms with Crippen molar-refractivity contribution < 1.29 is 13.2 Å². The van der Waals surface area contributed by atoms with Crippen molar-refractivity contribution >= 4 is 0 Å². The van der Waals surface area contributed by atoms with E-state index >= 15 is 0 Å². The maximum absolute atomic E-state index is 12.4. The highest BCUT2D eigenvalue weighted by atomic mass is 19.4. The van der Waals surface area contributed by atoms with E-state index in [-0.39, 0.29) is 0 Å². The van der Waals surface area contributed by atoms with Crippen molar-refractivity contribution in [1.82, 2.24) is 9.78 Å². The van der Waals surface area contributed by atoms with Crippen LogP contribution in [-0.4, -0.2) is 9.78 Å². The molecule has 0 fully saturated rings. The van der Waals surface area contributed by atoms with Crippen LogP contribution in [0, 0.1) is 6.92 Å². The van der Waals surface area contributed by atoms with Gasteiger partial charge in [0, 0.05) is 12.6 Å². The molecule has 90 valence electrons. The van der Waals surface area contributed by atoms with Gasteiger partial charge in [0.15, 0.2) is 0 Å². The summed E-state index contributed by atoms with van der Waals surface area (Å²) in [6.45, 7) is 1.88. The molecule has 1 aromatic carbocycles. The molecule has 0 atom stereocenters. The van der Waals surface area contributed by atoms with Gasteiger partial charge >= 0.3 is 6.18 Å². The molecule has 0 bridgehead atoms. The fraction of sp³-hybridized carbons (Fsp3) is 0.250. The van der Waals surface area contributed by atoms with Crippen LogP contribution in [-0.2, 0) is 13.2 Å². The first kappa shape index (κ1) is 11.7. The summed E-state index contributed by atoms with van der Waals surface area (Å²) in [5, 5.41) is 4.06. The SMILES string of the molecule is Cc1cnn(C)c1-c1ccc(C(F)(F)F)cc1. The van der Waals surface area contributed by atoms with Crippen molar-refractivity contribution in [2.45, 2.75) is 13.1 Å². The lowest BCUT2D eigenvalue weighted by Crippen LogP contribution is -2.04. The molecule has 2 aromatic rings. The largest absolute Gasteiger partial charge is 0.416 e. The molecule has 0 saturated heterocycles. The molecule has 0 aliphatic rings. The van der Waals surface area contributed by atoms with Crippen molar-refractivity contribution in [2.24, 2.45) is 7.05 Å². The van der Waals surface area contributed by atoms with Gasteiger partial charge in [0.25, 0.3) is 0 Å². The minimum atomic E-state index is -4.29. The zero-order chi connectivity index (χ0) is 12.6. The van der Waals surface area contributed by atoms with Gasteiger partial charge in [-0.15, -0.1) is 0 Å². The summed E-state index contributed by atoms with van der Waals surface area (Å²) in [6.07, 6.45) is -2.60. The number of aromatic nitrogens is 2. The smallest absolute Gasteiger partial charge is 0.268 e. The molecule has 2 rings (SSSR count). The molecule has 17 heavy (non-hydrogen) atoms. The van der Waals surface area contributed by atoms with Crippen molar-refractivity contribution in [3.63, 3.8) is 0 Å². The third-order valence-corrected chi connectivity index (χ3v) is 2.61. The maximum Gasteiger partial charge on any atom is 0.416 e. The highest BCUT2D eigenvalue weighted by Crippen LogP contribution is 2.31. The summed E-state index contributed by atoms with van der Waals surface area (Å²) in [6, 6.07) is 5.10. The second-order valence-electron chi connectivity index (χ2n) is 3.87. The molecule has 0 unspecified atom stereocenters. The maximum atomic E-state index is 12.4. The average molecular weight is 240 g/mol. The van der Waals surface area contributed by atoms with E-state index in [1.807, 2.05) is 6.92 Å². The van der Waals surface area contributed by atoms with E-state index < -0.39 is 11.7 Å². The lowest BCUT2D eigenvalue weighted by Gasteiger charge is -2.08. The molecule has 2 nitrogen and oxygen atoms in total. The Kier molecular flexibility index (Phi) is 2.69. The minimum absolute atomic E-state index is 0.638. The highest BCUT2D eigenvalue weighted by Gasteiger charge is 2.30. The summed E-state index contributed by atoms with van der Waals surface area (Å²) in [4.78, 5) is 0. The molecular weight excluding hydrogens is 229 g/mol. The van der Waals surface area contributed by atoms with Crippen LogP contribution in [0.2, 0.25) is 0 Å². The number of nitrogens with zero attached hydrogens (tertiary/aromatic N) is 2. The second-order valence-corrected chi connectivity index (χ2v) is 3.87. The van der Waals surface area contributed by atoms with Crippen LogP contribution >= 0.6 is 0 Å². The van der Waals surface area contributed by atoms with Gasteiger partial charge in [-0.1, -0.05) is 12.1 Å². The predicted molar refractivity (Wildman–Crippen MR) is 58.4 cm³/mol. The van der Waals surface area contributed by atoms with E-state index in [0.717, 1.165) is 29.0 Å². The fourth-order valence-corrected chi connectivity index (χ4v) is 1.78. The van der Waals surface area contributed by atoms with Crippen molar-refractivity contribution in [2.75, 3.05) is 0 Å². The molecule has 0 saturated carbocycles. The number of hydrogen-bond donors (Lipinski definition) is 0. The van der Waals surface area contributed by atoms with Gasteiger partial charge in [0.05, 0.1) is 17.5 Å². The van der Waals surface area contributed by atoms with Crippen LogP contribution in [0.1, 0.15) is 11.1 Å². The van der Waals surface area contributed by atoms with E-state index in [1.165, 1.54) is 12.1 Å². The lowest BCUT2D eigenvalue weighted by atomic mass is 10.1. The number of aryl methyl sites for hydroxylation is 2. The zero-order valence-corrected chi connectivity index (χ0v) is 9.42. The van der Waals surface area contributed by atoms with Gasteiger partial charge in [0.1, 0.15) is 0 Å². The standard InChI is InChI=1S/C12H11F3N2/c1-8-7-16-17(2)11(8)9-3-5-10(6-4-9)12(13,14)15/h3-7H,1-2H3. The van der Waals surface area contributed by atoms with E-state index in [1.54, 1.807) is 17.9 Å². The van der Waals surface area contributed by atoms with Crippen LogP contribution in [0.15, 0.2) is 30.5 Å². The molecule has 0 amide bonds. The van der Waals surface area contributed by atoms with Gasteiger partial charge < -0.3 is 0 Å². The first-order valence-electron chi connectivity index (χ1n) is 5.06. The quantitative estimate of drug-likeness (QED) is 0.746. The van der Waals surface area contributed by atoms with Crippen LogP contribution in [0.5, 0.6) is 0 Å². The monoisotopic (exact) mass is 240 g/mol. The van der Waals surface area contributed by atoms with Crippen molar-refractivity contribution in [3.05, 3.63) is 41.6 Å². The predicted octanol–water partition coefficient (Wildman–Crippen LogP) is 3.41. The summed E-state index contributed by atoms with van der Waals surface area (Å²) in [5.74, 6) is 0. The Morgan fingerprint density at radius 2 is 1.71 bits per heavy atom. The van der Waals surface area contributed by atoms with Gasteiger partial charge in [-0.05, 0) is 24.6 Å². The first-order chi connectivity index (χ1) is 7.89. The number of hydrogen-bond acceptors (Lipinski definition) is 1. The Labute approximate surface area is 96.7 Å². The number of benzene rings is 1. The van der Waals surface area contributed by atoms with Crippen LogP contribution in [0.3, 0.4) is 0 Å². The van der Waals surface area contributed by atoms with E-state index in [2.05, 4.69) is 5.10 Å². The summed E-state index contributed by atoms with van der Waals surface area (Å²) in [7, 11) is 1.76. The third kappa shape index (κ3) is 2.18. The van der Waals surface area contributed by atoms with Gasteiger partial charge in [-0.2, -0.15) is 18.3 Å². The van der Waals surface area contributed by atoms with E-state index in [4.69, 9.17) is 0 Å².